The fourth-order valence-electron chi connectivity index (χ4n) is 1.64. The maximum Gasteiger partial charge on any atom is 0.310 e. The molecule has 17 heavy (non-hydrogen) atoms. The van der Waals surface area contributed by atoms with Crippen LogP contribution in [0.5, 0.6) is 0 Å². The predicted molar refractivity (Wildman–Crippen MR) is 72.1 cm³/mol. The van der Waals surface area contributed by atoms with E-state index in [1.165, 1.54) is 5.56 Å². The zero-order valence-electron chi connectivity index (χ0n) is 10.3. The molecule has 0 fully saturated rings. The largest absolute Gasteiger partial charge is 0.466 e. The number of rotatable bonds is 5. The number of benzene rings is 1. The standard InChI is InChI=1S/C14H20O2.CH4/c1-4-16-14(15)10-13-7-5-12(6-8-13)9-11(2)3;/h5-8,11H,4,9-10H2,1-3H3;1H4. The maximum absolute atomic E-state index is 11.3. The Morgan fingerprint density at radius 3 is 2.18 bits per heavy atom. The average Bonchev–Trinajstić information content (AvgIpc) is 2.20. The van der Waals surface area contributed by atoms with Crippen LogP contribution in [0.25, 0.3) is 0 Å². The summed E-state index contributed by atoms with van der Waals surface area (Å²) in [5.74, 6) is 0.509. The van der Waals surface area contributed by atoms with Crippen LogP contribution in [0.1, 0.15) is 39.3 Å². The lowest BCUT2D eigenvalue weighted by Gasteiger charge is -2.06. The molecule has 0 saturated heterocycles. The van der Waals surface area contributed by atoms with E-state index in [4.69, 9.17) is 4.74 Å². The summed E-state index contributed by atoms with van der Waals surface area (Å²) >= 11 is 0. The van der Waals surface area contributed by atoms with Crippen molar-refractivity contribution >= 4 is 5.97 Å². The fraction of sp³-hybridized carbons (Fsp3) is 0.533. The Morgan fingerprint density at radius 1 is 1.18 bits per heavy atom. The molecule has 0 aliphatic heterocycles. The van der Waals surface area contributed by atoms with E-state index in [9.17, 15) is 4.79 Å². The number of carbonyl (C=O) groups is 1. The number of esters is 1. The molecular weight excluding hydrogens is 212 g/mol. The molecule has 0 amide bonds. The molecule has 0 atom stereocenters. The van der Waals surface area contributed by atoms with Gasteiger partial charge in [0.1, 0.15) is 0 Å². The molecule has 0 spiro atoms. The number of ether oxygens (including phenoxy) is 1. The van der Waals surface area contributed by atoms with Gasteiger partial charge >= 0.3 is 5.97 Å². The molecule has 2 nitrogen and oxygen atoms in total. The highest BCUT2D eigenvalue weighted by Gasteiger charge is 2.04. The van der Waals surface area contributed by atoms with Crippen LogP contribution in [-0.2, 0) is 22.4 Å². The molecule has 0 unspecified atom stereocenters. The van der Waals surface area contributed by atoms with Gasteiger partial charge in [0.05, 0.1) is 13.0 Å². The highest BCUT2D eigenvalue weighted by Crippen LogP contribution is 2.10. The normalized spacial score (nSPS) is 9.88. The Balaban J connectivity index is 0.00000256. The van der Waals surface area contributed by atoms with Crippen molar-refractivity contribution in [1.82, 2.24) is 0 Å². The highest BCUT2D eigenvalue weighted by molar-refractivity contribution is 5.72. The van der Waals surface area contributed by atoms with Crippen LogP contribution in [0.15, 0.2) is 24.3 Å². The average molecular weight is 236 g/mol. The molecule has 2 heteroatoms. The second-order valence-corrected chi connectivity index (χ2v) is 4.40. The summed E-state index contributed by atoms with van der Waals surface area (Å²) in [6.07, 6.45) is 1.45. The van der Waals surface area contributed by atoms with Crippen LogP contribution in [0.3, 0.4) is 0 Å². The summed E-state index contributed by atoms with van der Waals surface area (Å²) < 4.78 is 4.90. The van der Waals surface area contributed by atoms with Gasteiger partial charge in [0.2, 0.25) is 0 Å². The maximum atomic E-state index is 11.3. The van der Waals surface area contributed by atoms with E-state index in [-0.39, 0.29) is 13.4 Å². The van der Waals surface area contributed by atoms with Crippen molar-refractivity contribution in [3.8, 4) is 0 Å². The van der Waals surface area contributed by atoms with Crippen molar-refractivity contribution in [2.24, 2.45) is 5.92 Å². The lowest BCUT2D eigenvalue weighted by molar-refractivity contribution is -0.142. The molecule has 0 bridgehead atoms. The lowest BCUT2D eigenvalue weighted by Crippen LogP contribution is -2.07. The number of carbonyl (C=O) groups excluding carboxylic acids is 1. The summed E-state index contributed by atoms with van der Waals surface area (Å²) in [6.45, 7) is 6.67. The van der Waals surface area contributed by atoms with Crippen LogP contribution in [-0.4, -0.2) is 12.6 Å². The monoisotopic (exact) mass is 236 g/mol. The van der Waals surface area contributed by atoms with Crippen molar-refractivity contribution < 1.29 is 9.53 Å². The molecule has 1 rings (SSSR count). The second kappa shape index (κ2) is 7.88. The van der Waals surface area contributed by atoms with Gasteiger partial charge in [-0.3, -0.25) is 4.79 Å². The number of hydrogen-bond donors (Lipinski definition) is 0. The van der Waals surface area contributed by atoms with Crippen LogP contribution in [0, 0.1) is 5.92 Å². The minimum Gasteiger partial charge on any atom is -0.466 e. The van der Waals surface area contributed by atoms with E-state index in [0.29, 0.717) is 18.9 Å². The minimum absolute atomic E-state index is 0. The van der Waals surface area contributed by atoms with E-state index < -0.39 is 0 Å². The lowest BCUT2D eigenvalue weighted by atomic mass is 10.0. The molecule has 0 aliphatic rings. The first-order valence-corrected chi connectivity index (χ1v) is 5.85. The first kappa shape index (κ1) is 15.7. The number of hydrogen-bond acceptors (Lipinski definition) is 2. The quantitative estimate of drug-likeness (QED) is 0.730. The summed E-state index contributed by atoms with van der Waals surface area (Å²) in [7, 11) is 0. The van der Waals surface area contributed by atoms with Gasteiger partial charge in [0.25, 0.3) is 0 Å². The van der Waals surface area contributed by atoms with Gasteiger partial charge in [-0.05, 0) is 30.4 Å². The summed E-state index contributed by atoms with van der Waals surface area (Å²) in [4.78, 5) is 11.3. The Bertz CT molecular complexity index is 325. The SMILES string of the molecule is C.CCOC(=O)Cc1ccc(CC(C)C)cc1. The zero-order chi connectivity index (χ0) is 12.0. The fourth-order valence-corrected chi connectivity index (χ4v) is 1.64. The molecule has 0 N–H and O–H groups in total. The third-order valence-corrected chi connectivity index (χ3v) is 2.32. The summed E-state index contributed by atoms with van der Waals surface area (Å²) in [5, 5.41) is 0. The smallest absolute Gasteiger partial charge is 0.310 e. The van der Waals surface area contributed by atoms with E-state index in [0.717, 1.165) is 12.0 Å². The zero-order valence-corrected chi connectivity index (χ0v) is 10.3. The van der Waals surface area contributed by atoms with Gasteiger partial charge < -0.3 is 4.74 Å². The summed E-state index contributed by atoms with van der Waals surface area (Å²) in [6, 6.07) is 8.20. The molecular formula is C15H24O2. The first-order chi connectivity index (χ1) is 7.61. The molecule has 96 valence electrons. The molecule has 0 aliphatic carbocycles. The minimum atomic E-state index is -0.154. The van der Waals surface area contributed by atoms with Gasteiger partial charge in [-0.25, -0.2) is 0 Å². The van der Waals surface area contributed by atoms with Crippen molar-refractivity contribution in [1.29, 1.82) is 0 Å². The van der Waals surface area contributed by atoms with Gasteiger partial charge in [-0.15, -0.1) is 0 Å². The van der Waals surface area contributed by atoms with E-state index in [1.54, 1.807) is 0 Å². The Hall–Kier alpha value is -1.31. The van der Waals surface area contributed by atoms with Crippen molar-refractivity contribution in [3.63, 3.8) is 0 Å². The first-order valence-electron chi connectivity index (χ1n) is 5.85. The van der Waals surface area contributed by atoms with E-state index >= 15 is 0 Å². The van der Waals surface area contributed by atoms with Gasteiger partial charge in [0.15, 0.2) is 0 Å². The van der Waals surface area contributed by atoms with Crippen molar-refractivity contribution in [3.05, 3.63) is 35.4 Å². The van der Waals surface area contributed by atoms with Crippen molar-refractivity contribution in [2.45, 2.75) is 41.0 Å². The summed E-state index contributed by atoms with van der Waals surface area (Å²) in [5.41, 5.74) is 2.34. The Labute approximate surface area is 105 Å². The van der Waals surface area contributed by atoms with Crippen LogP contribution in [0.2, 0.25) is 0 Å². The van der Waals surface area contributed by atoms with Crippen LogP contribution >= 0.6 is 0 Å². The topological polar surface area (TPSA) is 26.3 Å². The van der Waals surface area contributed by atoms with Crippen LogP contribution in [0.4, 0.5) is 0 Å². The molecule has 1 aromatic carbocycles. The third kappa shape index (κ3) is 6.10. The molecule has 0 radical (unpaired) electrons. The van der Waals surface area contributed by atoms with Gasteiger partial charge in [-0.2, -0.15) is 0 Å². The molecule has 1 aromatic rings. The third-order valence-electron chi connectivity index (χ3n) is 2.32. The second-order valence-electron chi connectivity index (χ2n) is 4.40. The van der Waals surface area contributed by atoms with E-state index in [2.05, 4.69) is 26.0 Å². The predicted octanol–water partition coefficient (Wildman–Crippen LogP) is 3.63. The van der Waals surface area contributed by atoms with Gasteiger partial charge in [-0.1, -0.05) is 45.5 Å². The van der Waals surface area contributed by atoms with Crippen LogP contribution < -0.4 is 0 Å². The van der Waals surface area contributed by atoms with Crippen molar-refractivity contribution in [2.75, 3.05) is 6.61 Å². The highest BCUT2D eigenvalue weighted by atomic mass is 16.5. The molecule has 0 aromatic heterocycles. The molecule has 0 saturated carbocycles. The Kier molecular flexibility index (Phi) is 7.27. The van der Waals surface area contributed by atoms with E-state index in [1.807, 2.05) is 19.1 Å². The van der Waals surface area contributed by atoms with Gasteiger partial charge in [0, 0.05) is 0 Å². The molecule has 0 heterocycles. The Morgan fingerprint density at radius 2 is 1.71 bits per heavy atom.